The van der Waals surface area contributed by atoms with Crippen LogP contribution in [0.15, 0.2) is 12.1 Å². The predicted molar refractivity (Wildman–Crippen MR) is 116 cm³/mol. The Labute approximate surface area is 184 Å². The maximum atomic E-state index is 11.4. The van der Waals surface area contributed by atoms with Gasteiger partial charge in [-0.3, -0.25) is 4.90 Å². The van der Waals surface area contributed by atoms with E-state index in [2.05, 4.69) is 11.0 Å². The predicted octanol–water partition coefficient (Wildman–Crippen LogP) is 3.39. The number of phenols is 1. The van der Waals surface area contributed by atoms with Crippen LogP contribution in [-0.4, -0.2) is 58.7 Å². The highest BCUT2D eigenvalue weighted by atomic mass is 16.6. The quantitative estimate of drug-likeness (QED) is 0.774. The van der Waals surface area contributed by atoms with Gasteiger partial charge in [0.05, 0.1) is 5.60 Å². The molecule has 5 fully saturated rings. The topological polar surface area (TPSA) is 62.2 Å². The summed E-state index contributed by atoms with van der Waals surface area (Å²) >= 11 is 0. The molecule has 1 saturated heterocycles. The Bertz CT molecular complexity index is 967. The third-order valence-corrected chi connectivity index (χ3v) is 10.5. The van der Waals surface area contributed by atoms with Crippen molar-refractivity contribution in [2.75, 3.05) is 20.2 Å². The Balaban J connectivity index is 1.49. The summed E-state index contributed by atoms with van der Waals surface area (Å²) in [6.07, 6.45) is 7.72. The minimum Gasteiger partial charge on any atom is -0.504 e. The van der Waals surface area contributed by atoms with Gasteiger partial charge in [-0.25, -0.2) is 0 Å². The molecule has 1 aromatic rings. The average Bonchev–Trinajstić information content (AvgIpc) is 3.47. The number of hydrogen-bond donors (Lipinski definition) is 2. The Morgan fingerprint density at radius 1 is 1.23 bits per heavy atom. The highest BCUT2D eigenvalue weighted by Gasteiger charge is 2.81. The second-order valence-electron chi connectivity index (χ2n) is 12.1. The molecule has 0 unspecified atom stereocenters. The van der Waals surface area contributed by atoms with Crippen LogP contribution in [-0.2, 0) is 16.6 Å². The van der Waals surface area contributed by atoms with Crippen molar-refractivity contribution in [3.63, 3.8) is 0 Å². The van der Waals surface area contributed by atoms with Gasteiger partial charge in [0.15, 0.2) is 11.5 Å². The Hall–Kier alpha value is -1.30. The Kier molecular flexibility index (Phi) is 3.47. The molecule has 1 aromatic carbocycles. The van der Waals surface area contributed by atoms with Gasteiger partial charge >= 0.3 is 0 Å². The highest BCUT2D eigenvalue weighted by Crippen LogP contribution is 2.77. The number of likely N-dealkylation sites (tertiary alicyclic amines) is 1. The van der Waals surface area contributed by atoms with Crippen molar-refractivity contribution in [1.82, 2.24) is 4.90 Å². The first-order valence-electron chi connectivity index (χ1n) is 12.3. The average molecular weight is 426 g/mol. The zero-order valence-corrected chi connectivity index (χ0v) is 19.0. The van der Waals surface area contributed by atoms with Crippen LogP contribution in [0.1, 0.15) is 63.5 Å². The van der Waals surface area contributed by atoms with Gasteiger partial charge in [-0.05, 0) is 82.9 Å². The van der Waals surface area contributed by atoms with Crippen molar-refractivity contribution in [2.45, 2.75) is 87.6 Å². The summed E-state index contributed by atoms with van der Waals surface area (Å²) in [5.41, 5.74) is 1.24. The number of hydrogen-bond acceptors (Lipinski definition) is 5. The molecule has 8 rings (SSSR count). The van der Waals surface area contributed by atoms with Crippen molar-refractivity contribution in [3.8, 4) is 11.5 Å². The van der Waals surface area contributed by atoms with Crippen LogP contribution in [0.3, 0.4) is 0 Å². The highest BCUT2D eigenvalue weighted by molar-refractivity contribution is 5.63. The summed E-state index contributed by atoms with van der Waals surface area (Å²) in [7, 11) is 1.81. The van der Waals surface area contributed by atoms with E-state index in [-0.39, 0.29) is 28.6 Å². The normalized spacial score (nSPS) is 44.8. The molecule has 5 aliphatic carbocycles. The third kappa shape index (κ3) is 2.02. The third-order valence-electron chi connectivity index (χ3n) is 10.5. The van der Waals surface area contributed by atoms with Crippen LogP contribution in [0.2, 0.25) is 0 Å². The molecule has 2 N–H and O–H groups in total. The fourth-order valence-corrected chi connectivity index (χ4v) is 9.23. The molecular weight excluding hydrogens is 390 g/mol. The van der Waals surface area contributed by atoms with Gasteiger partial charge in [-0.2, -0.15) is 0 Å². The number of aliphatic hydroxyl groups is 1. The van der Waals surface area contributed by atoms with E-state index in [0.717, 1.165) is 44.6 Å². The van der Waals surface area contributed by atoms with Gasteiger partial charge in [0, 0.05) is 42.0 Å². The number of rotatable bonds is 4. The lowest BCUT2D eigenvalue weighted by atomic mass is 9.34. The molecule has 4 saturated carbocycles. The molecule has 0 aromatic heterocycles. The largest absolute Gasteiger partial charge is 0.504 e. The van der Waals surface area contributed by atoms with Crippen LogP contribution >= 0.6 is 0 Å². The molecule has 5 nitrogen and oxygen atoms in total. The van der Waals surface area contributed by atoms with E-state index >= 15 is 0 Å². The zero-order chi connectivity index (χ0) is 21.4. The molecule has 5 heteroatoms. The molecular formula is C26H35NO4. The fourth-order valence-electron chi connectivity index (χ4n) is 9.23. The van der Waals surface area contributed by atoms with E-state index in [1.165, 1.54) is 30.5 Å². The van der Waals surface area contributed by atoms with Crippen molar-refractivity contribution in [3.05, 3.63) is 23.3 Å². The van der Waals surface area contributed by atoms with E-state index in [0.29, 0.717) is 11.8 Å². The van der Waals surface area contributed by atoms with Crippen LogP contribution < -0.4 is 4.74 Å². The number of aromatic hydroxyl groups is 1. The minimum absolute atomic E-state index is 0.0123. The van der Waals surface area contributed by atoms with E-state index in [1.807, 2.05) is 27.0 Å². The molecule has 31 heavy (non-hydrogen) atoms. The van der Waals surface area contributed by atoms with Gasteiger partial charge in [-0.1, -0.05) is 6.07 Å². The summed E-state index contributed by atoms with van der Waals surface area (Å²) in [5.74, 6) is 1.86. The lowest BCUT2D eigenvalue weighted by Gasteiger charge is -2.75. The van der Waals surface area contributed by atoms with Crippen LogP contribution in [0.5, 0.6) is 11.5 Å². The van der Waals surface area contributed by atoms with E-state index in [4.69, 9.17) is 9.47 Å². The van der Waals surface area contributed by atoms with E-state index < -0.39 is 11.2 Å². The summed E-state index contributed by atoms with van der Waals surface area (Å²) in [4.78, 5) is 2.81. The number of nitrogens with zero attached hydrogens (tertiary/aromatic N) is 1. The number of methoxy groups -OCH3 is 1. The standard InChI is InChI=1S/C26H35NO4/c1-23(2,29)18-13-24-8-9-26(18,30-3)22-25(24)10-11-27(14-15-4-5-15)19(24)12-16-6-7-17(28)21(31-22)20(16)25/h6-7,15,18-19,22,28-29H,4-5,8-14H2,1-3H3/t18-,19+,22-,24+,25-,26+/m0/s1. The lowest BCUT2D eigenvalue weighted by Crippen LogP contribution is -2.82. The van der Waals surface area contributed by atoms with Gasteiger partial charge in [0.2, 0.25) is 0 Å². The van der Waals surface area contributed by atoms with Crippen LogP contribution in [0, 0.1) is 17.3 Å². The maximum absolute atomic E-state index is 11.4. The van der Waals surface area contributed by atoms with Crippen LogP contribution in [0.25, 0.3) is 0 Å². The van der Waals surface area contributed by atoms with Crippen molar-refractivity contribution in [2.24, 2.45) is 17.3 Å². The molecule has 2 aliphatic heterocycles. The van der Waals surface area contributed by atoms with Crippen molar-refractivity contribution >= 4 is 0 Å². The number of piperidine rings is 1. The monoisotopic (exact) mass is 425 g/mol. The fraction of sp³-hybridized carbons (Fsp3) is 0.769. The molecule has 6 atom stereocenters. The van der Waals surface area contributed by atoms with Gasteiger partial charge < -0.3 is 19.7 Å². The van der Waals surface area contributed by atoms with Gasteiger partial charge in [0.25, 0.3) is 0 Å². The molecule has 2 heterocycles. The summed E-state index contributed by atoms with van der Waals surface area (Å²) in [6.45, 7) is 6.23. The maximum Gasteiger partial charge on any atom is 0.165 e. The molecule has 0 radical (unpaired) electrons. The van der Waals surface area contributed by atoms with Crippen LogP contribution in [0.4, 0.5) is 0 Å². The molecule has 2 spiro atoms. The first kappa shape index (κ1) is 19.2. The van der Waals surface area contributed by atoms with Crippen molar-refractivity contribution < 1.29 is 19.7 Å². The number of benzene rings is 1. The molecule has 0 amide bonds. The molecule has 7 aliphatic rings. The second kappa shape index (κ2) is 5.60. The summed E-state index contributed by atoms with van der Waals surface area (Å²) in [5, 5.41) is 22.2. The summed E-state index contributed by atoms with van der Waals surface area (Å²) < 4.78 is 13.2. The minimum atomic E-state index is -0.846. The second-order valence-corrected chi connectivity index (χ2v) is 12.1. The smallest absolute Gasteiger partial charge is 0.165 e. The SMILES string of the molecule is CO[C@]12CC[C@@]3(C[C@H]1C(C)(C)O)[C@H]1Cc4ccc(O)c5c4[C@@]3(CCN1CC1CC1)[C@@H]2O5. The van der Waals surface area contributed by atoms with Gasteiger partial charge in [0.1, 0.15) is 11.7 Å². The summed E-state index contributed by atoms with van der Waals surface area (Å²) in [6, 6.07) is 4.46. The number of phenolic OH excluding ortho intramolecular Hbond substituents is 1. The Morgan fingerprint density at radius 3 is 2.74 bits per heavy atom. The van der Waals surface area contributed by atoms with E-state index in [1.54, 1.807) is 0 Å². The Morgan fingerprint density at radius 2 is 2.03 bits per heavy atom. The first-order valence-corrected chi connectivity index (χ1v) is 12.3. The van der Waals surface area contributed by atoms with Crippen molar-refractivity contribution in [1.29, 1.82) is 0 Å². The lowest BCUT2D eigenvalue weighted by molar-refractivity contribution is -0.300. The molecule has 4 bridgehead atoms. The number of ether oxygens (including phenoxy) is 2. The molecule has 168 valence electrons. The first-order chi connectivity index (χ1) is 14.8. The van der Waals surface area contributed by atoms with E-state index in [9.17, 15) is 10.2 Å². The zero-order valence-electron chi connectivity index (χ0n) is 19.0. The number of fused-ring (bicyclic) bond motifs is 2. The van der Waals surface area contributed by atoms with Gasteiger partial charge in [-0.15, -0.1) is 0 Å².